The Morgan fingerprint density at radius 3 is 2.48 bits per heavy atom. The Morgan fingerprint density at radius 1 is 1.20 bits per heavy atom. The molecule has 134 valence electrons. The molecule has 2 heterocycles. The average molecular weight is 360 g/mol. The van der Waals surface area contributed by atoms with Gasteiger partial charge in [-0.05, 0) is 26.0 Å². The summed E-state index contributed by atoms with van der Waals surface area (Å²) in [7, 11) is 0. The van der Waals surface area contributed by atoms with Gasteiger partial charge in [-0.3, -0.25) is 9.69 Å². The van der Waals surface area contributed by atoms with Gasteiger partial charge >= 0.3 is 0 Å². The molecule has 1 aromatic carbocycles. The second-order valence-corrected chi connectivity index (χ2v) is 7.43. The first kappa shape index (κ1) is 17.7. The van der Waals surface area contributed by atoms with Crippen LogP contribution >= 0.6 is 11.3 Å². The van der Waals surface area contributed by atoms with E-state index in [2.05, 4.69) is 9.88 Å². The molecule has 2 aromatic rings. The maximum atomic E-state index is 12.3. The normalized spacial score (nSPS) is 15.4. The van der Waals surface area contributed by atoms with Crippen LogP contribution in [-0.2, 0) is 11.3 Å². The highest BCUT2D eigenvalue weighted by Crippen LogP contribution is 2.22. The minimum absolute atomic E-state index is 0.0402. The Kier molecular flexibility index (Phi) is 5.55. The number of nitrogens with zero attached hydrogens (tertiary/aromatic N) is 3. The Balaban J connectivity index is 1.44. The van der Waals surface area contributed by atoms with E-state index in [9.17, 15) is 4.79 Å². The van der Waals surface area contributed by atoms with Crippen molar-refractivity contribution >= 4 is 22.4 Å². The molecule has 1 fully saturated rings. The van der Waals surface area contributed by atoms with E-state index in [0.29, 0.717) is 5.13 Å². The lowest BCUT2D eigenvalue weighted by Gasteiger charge is -2.34. The zero-order chi connectivity index (χ0) is 17.8. The molecule has 0 spiro atoms. The van der Waals surface area contributed by atoms with Gasteiger partial charge in [-0.1, -0.05) is 17.7 Å². The SMILES string of the molecule is Cc1ccc(OCC(=O)N2CCN(Cc3sc(N)nc3C)CC2)cc1. The number of benzene rings is 1. The van der Waals surface area contributed by atoms with Crippen molar-refractivity contribution in [1.29, 1.82) is 0 Å². The minimum Gasteiger partial charge on any atom is -0.484 e. The molecule has 0 aliphatic carbocycles. The lowest BCUT2D eigenvalue weighted by molar-refractivity contribution is -0.135. The second-order valence-electron chi connectivity index (χ2n) is 6.32. The van der Waals surface area contributed by atoms with Crippen molar-refractivity contribution in [2.75, 3.05) is 38.5 Å². The first-order chi connectivity index (χ1) is 12.0. The Bertz CT molecular complexity index is 721. The van der Waals surface area contributed by atoms with Crippen LogP contribution in [0.5, 0.6) is 5.75 Å². The Morgan fingerprint density at radius 2 is 1.88 bits per heavy atom. The predicted octanol–water partition coefficient (Wildman–Crippen LogP) is 2.07. The number of ether oxygens (including phenoxy) is 1. The molecule has 7 heteroatoms. The smallest absolute Gasteiger partial charge is 0.260 e. The number of hydrogen-bond donors (Lipinski definition) is 1. The highest BCUT2D eigenvalue weighted by atomic mass is 32.1. The lowest BCUT2D eigenvalue weighted by atomic mass is 10.2. The van der Waals surface area contributed by atoms with Crippen LogP contribution in [0.4, 0.5) is 5.13 Å². The zero-order valence-electron chi connectivity index (χ0n) is 14.7. The van der Waals surface area contributed by atoms with Crippen molar-refractivity contribution in [1.82, 2.24) is 14.8 Å². The topological polar surface area (TPSA) is 71.7 Å². The molecule has 0 saturated carbocycles. The molecule has 0 bridgehead atoms. The number of aryl methyl sites for hydroxylation is 2. The van der Waals surface area contributed by atoms with Crippen molar-refractivity contribution in [2.24, 2.45) is 0 Å². The third kappa shape index (κ3) is 4.70. The Hall–Kier alpha value is -2.12. The molecule has 0 atom stereocenters. The molecule has 2 N–H and O–H groups in total. The molecular weight excluding hydrogens is 336 g/mol. The number of piperazine rings is 1. The van der Waals surface area contributed by atoms with Gasteiger partial charge in [0.05, 0.1) is 5.69 Å². The molecule has 3 rings (SSSR count). The summed E-state index contributed by atoms with van der Waals surface area (Å²) in [5.74, 6) is 0.772. The summed E-state index contributed by atoms with van der Waals surface area (Å²) in [6, 6.07) is 7.74. The van der Waals surface area contributed by atoms with E-state index in [1.54, 1.807) is 11.3 Å². The van der Waals surface area contributed by atoms with Crippen LogP contribution in [0.25, 0.3) is 0 Å². The number of anilines is 1. The molecule has 1 aliphatic rings. The summed E-state index contributed by atoms with van der Waals surface area (Å²) in [5.41, 5.74) is 7.94. The fraction of sp³-hybridized carbons (Fsp3) is 0.444. The predicted molar refractivity (Wildman–Crippen MR) is 99.8 cm³/mol. The molecule has 25 heavy (non-hydrogen) atoms. The summed E-state index contributed by atoms with van der Waals surface area (Å²) < 4.78 is 5.59. The number of thiazole rings is 1. The zero-order valence-corrected chi connectivity index (χ0v) is 15.5. The van der Waals surface area contributed by atoms with Gasteiger partial charge in [-0.15, -0.1) is 11.3 Å². The van der Waals surface area contributed by atoms with E-state index in [1.165, 1.54) is 10.4 Å². The van der Waals surface area contributed by atoms with Gasteiger partial charge in [0.15, 0.2) is 11.7 Å². The van der Waals surface area contributed by atoms with Gasteiger partial charge in [-0.2, -0.15) is 0 Å². The van der Waals surface area contributed by atoms with Crippen molar-refractivity contribution in [3.05, 3.63) is 40.4 Å². The highest BCUT2D eigenvalue weighted by molar-refractivity contribution is 7.15. The number of carbonyl (C=O) groups excluding carboxylic acids is 1. The number of hydrogen-bond acceptors (Lipinski definition) is 6. The third-order valence-corrected chi connectivity index (χ3v) is 5.36. The highest BCUT2D eigenvalue weighted by Gasteiger charge is 2.22. The minimum atomic E-state index is 0.0402. The van der Waals surface area contributed by atoms with Gasteiger partial charge < -0.3 is 15.4 Å². The van der Waals surface area contributed by atoms with Gasteiger partial charge in [0.2, 0.25) is 0 Å². The fourth-order valence-electron chi connectivity index (χ4n) is 2.83. The van der Waals surface area contributed by atoms with Crippen LogP contribution in [0.3, 0.4) is 0 Å². The third-order valence-electron chi connectivity index (χ3n) is 4.38. The van der Waals surface area contributed by atoms with E-state index in [1.807, 2.05) is 43.0 Å². The van der Waals surface area contributed by atoms with Crippen LogP contribution in [0.15, 0.2) is 24.3 Å². The second kappa shape index (κ2) is 7.84. The van der Waals surface area contributed by atoms with Gasteiger partial charge in [0.25, 0.3) is 5.91 Å². The van der Waals surface area contributed by atoms with Gasteiger partial charge in [0.1, 0.15) is 5.75 Å². The number of amides is 1. The summed E-state index contributed by atoms with van der Waals surface area (Å²) >= 11 is 1.55. The van der Waals surface area contributed by atoms with Gasteiger partial charge in [0, 0.05) is 37.6 Å². The summed E-state index contributed by atoms with van der Waals surface area (Å²) in [4.78, 5) is 22.0. The summed E-state index contributed by atoms with van der Waals surface area (Å²) in [6.07, 6.45) is 0. The van der Waals surface area contributed by atoms with E-state index in [0.717, 1.165) is 44.2 Å². The van der Waals surface area contributed by atoms with Gasteiger partial charge in [-0.25, -0.2) is 4.98 Å². The summed E-state index contributed by atoms with van der Waals surface area (Å²) in [6.45, 7) is 8.12. The fourth-order valence-corrected chi connectivity index (χ4v) is 3.70. The van der Waals surface area contributed by atoms with Crippen molar-refractivity contribution in [3.8, 4) is 5.75 Å². The number of aromatic nitrogens is 1. The standard InChI is InChI=1S/C18H24N4O2S/c1-13-3-5-15(6-4-13)24-12-17(23)22-9-7-21(8-10-22)11-16-14(2)20-18(19)25-16/h3-6H,7-12H2,1-2H3,(H2,19,20). The van der Waals surface area contributed by atoms with Crippen LogP contribution < -0.4 is 10.5 Å². The number of nitrogen functional groups attached to an aromatic ring is 1. The first-order valence-corrected chi connectivity index (χ1v) is 9.24. The molecule has 1 aliphatic heterocycles. The number of carbonyl (C=O) groups is 1. The molecule has 6 nitrogen and oxygen atoms in total. The molecule has 1 amide bonds. The van der Waals surface area contributed by atoms with E-state index in [-0.39, 0.29) is 12.5 Å². The summed E-state index contributed by atoms with van der Waals surface area (Å²) in [5, 5.41) is 0.620. The maximum Gasteiger partial charge on any atom is 0.260 e. The molecule has 0 unspecified atom stereocenters. The van der Waals surface area contributed by atoms with Crippen molar-refractivity contribution in [3.63, 3.8) is 0 Å². The maximum absolute atomic E-state index is 12.3. The van der Waals surface area contributed by atoms with E-state index in [4.69, 9.17) is 10.5 Å². The lowest BCUT2D eigenvalue weighted by Crippen LogP contribution is -2.49. The largest absolute Gasteiger partial charge is 0.484 e. The molecular formula is C18H24N4O2S. The van der Waals surface area contributed by atoms with Crippen LogP contribution in [0, 0.1) is 13.8 Å². The molecule has 0 radical (unpaired) electrons. The van der Waals surface area contributed by atoms with Crippen LogP contribution in [0.1, 0.15) is 16.1 Å². The quantitative estimate of drug-likeness (QED) is 0.884. The van der Waals surface area contributed by atoms with Crippen LogP contribution in [-0.4, -0.2) is 53.5 Å². The molecule has 1 saturated heterocycles. The number of rotatable bonds is 5. The van der Waals surface area contributed by atoms with E-state index >= 15 is 0 Å². The monoisotopic (exact) mass is 360 g/mol. The first-order valence-electron chi connectivity index (χ1n) is 8.42. The van der Waals surface area contributed by atoms with E-state index < -0.39 is 0 Å². The van der Waals surface area contributed by atoms with Crippen molar-refractivity contribution < 1.29 is 9.53 Å². The molecule has 1 aromatic heterocycles. The van der Waals surface area contributed by atoms with Crippen LogP contribution in [0.2, 0.25) is 0 Å². The number of nitrogens with two attached hydrogens (primary N) is 1. The van der Waals surface area contributed by atoms with Crippen molar-refractivity contribution in [2.45, 2.75) is 20.4 Å². The Labute approximate surface area is 152 Å². The average Bonchev–Trinajstić information content (AvgIpc) is 2.92.